The maximum atomic E-state index is 11.8. The molecule has 0 fully saturated rings. The van der Waals surface area contributed by atoms with Gasteiger partial charge in [0.25, 0.3) is 0 Å². The number of hydrogen-bond acceptors (Lipinski definition) is 1. The molecule has 0 atom stereocenters. The minimum absolute atomic E-state index is 0.117. The Balaban J connectivity index is 2.03. The van der Waals surface area contributed by atoms with Crippen LogP contribution in [-0.4, -0.2) is 5.91 Å². The molecule has 19 heavy (non-hydrogen) atoms. The maximum absolute atomic E-state index is 11.8. The molecule has 0 saturated carbocycles. The van der Waals surface area contributed by atoms with E-state index in [-0.39, 0.29) is 5.91 Å². The van der Waals surface area contributed by atoms with E-state index >= 15 is 0 Å². The fourth-order valence-corrected chi connectivity index (χ4v) is 1.97. The average Bonchev–Trinajstić information content (AvgIpc) is 2.36. The lowest BCUT2D eigenvalue weighted by Crippen LogP contribution is -2.07. The van der Waals surface area contributed by atoms with Crippen molar-refractivity contribution in [3.63, 3.8) is 0 Å². The summed E-state index contributed by atoms with van der Waals surface area (Å²) < 4.78 is 0. The topological polar surface area (TPSA) is 29.1 Å². The second kappa shape index (κ2) is 6.01. The van der Waals surface area contributed by atoms with Crippen LogP contribution in [0.5, 0.6) is 0 Å². The lowest BCUT2D eigenvalue weighted by atomic mass is 10.1. The molecule has 96 valence electrons. The quantitative estimate of drug-likeness (QED) is 0.822. The SMILES string of the molecule is Cc1cc(C)cc(NC(=O)/C=C/c2ccccc2)c1. The minimum Gasteiger partial charge on any atom is -0.322 e. The van der Waals surface area contributed by atoms with Gasteiger partial charge in [-0.15, -0.1) is 0 Å². The Morgan fingerprint density at radius 2 is 1.63 bits per heavy atom. The molecule has 2 aromatic rings. The molecule has 1 N–H and O–H groups in total. The Morgan fingerprint density at radius 1 is 1.00 bits per heavy atom. The fraction of sp³-hybridized carbons (Fsp3) is 0.118. The van der Waals surface area contributed by atoms with Crippen LogP contribution in [0.4, 0.5) is 5.69 Å². The molecule has 2 rings (SSSR count). The molecule has 0 heterocycles. The van der Waals surface area contributed by atoms with E-state index in [2.05, 4.69) is 11.4 Å². The van der Waals surface area contributed by atoms with Crippen molar-refractivity contribution in [2.45, 2.75) is 13.8 Å². The minimum atomic E-state index is -0.117. The van der Waals surface area contributed by atoms with E-state index in [1.54, 1.807) is 12.2 Å². The van der Waals surface area contributed by atoms with E-state index in [1.807, 2.05) is 56.3 Å². The number of carbonyl (C=O) groups is 1. The molecule has 0 bridgehead atoms. The van der Waals surface area contributed by atoms with E-state index < -0.39 is 0 Å². The van der Waals surface area contributed by atoms with Gasteiger partial charge in [-0.2, -0.15) is 0 Å². The zero-order valence-corrected chi connectivity index (χ0v) is 11.2. The normalized spacial score (nSPS) is 10.6. The van der Waals surface area contributed by atoms with Crippen molar-refractivity contribution >= 4 is 17.7 Å². The first-order chi connectivity index (χ1) is 9.13. The summed E-state index contributed by atoms with van der Waals surface area (Å²) in [7, 11) is 0. The number of amides is 1. The monoisotopic (exact) mass is 251 g/mol. The van der Waals surface area contributed by atoms with E-state index in [0.717, 1.165) is 22.4 Å². The van der Waals surface area contributed by atoms with E-state index in [4.69, 9.17) is 0 Å². The van der Waals surface area contributed by atoms with Crippen LogP contribution in [0.25, 0.3) is 6.08 Å². The predicted molar refractivity (Wildman–Crippen MR) is 80.0 cm³/mol. The second-order valence-electron chi connectivity index (χ2n) is 4.61. The average molecular weight is 251 g/mol. The molecule has 1 amide bonds. The molecule has 0 aliphatic rings. The van der Waals surface area contributed by atoms with Crippen molar-refractivity contribution in [1.82, 2.24) is 0 Å². The summed E-state index contributed by atoms with van der Waals surface area (Å²) in [5.74, 6) is -0.117. The number of anilines is 1. The predicted octanol–water partition coefficient (Wildman–Crippen LogP) is 3.96. The van der Waals surface area contributed by atoms with Gasteiger partial charge in [0.1, 0.15) is 0 Å². The summed E-state index contributed by atoms with van der Waals surface area (Å²) in [5.41, 5.74) is 4.13. The highest BCUT2D eigenvalue weighted by atomic mass is 16.1. The van der Waals surface area contributed by atoms with Crippen LogP contribution >= 0.6 is 0 Å². The molecule has 0 aliphatic heterocycles. The molecule has 2 nitrogen and oxygen atoms in total. The van der Waals surface area contributed by atoms with Crippen molar-refractivity contribution in [2.24, 2.45) is 0 Å². The lowest BCUT2D eigenvalue weighted by molar-refractivity contribution is -0.111. The van der Waals surface area contributed by atoms with Crippen molar-refractivity contribution in [1.29, 1.82) is 0 Å². The van der Waals surface area contributed by atoms with Crippen LogP contribution in [0.2, 0.25) is 0 Å². The maximum Gasteiger partial charge on any atom is 0.248 e. The van der Waals surface area contributed by atoms with Gasteiger partial charge >= 0.3 is 0 Å². The van der Waals surface area contributed by atoms with Gasteiger partial charge in [0.05, 0.1) is 0 Å². The summed E-state index contributed by atoms with van der Waals surface area (Å²) in [5, 5.41) is 2.87. The van der Waals surface area contributed by atoms with Crippen LogP contribution in [-0.2, 0) is 4.79 Å². The number of rotatable bonds is 3. The molecule has 0 spiro atoms. The van der Waals surface area contributed by atoms with Gasteiger partial charge in [0.15, 0.2) is 0 Å². The third-order valence-electron chi connectivity index (χ3n) is 2.72. The third-order valence-corrected chi connectivity index (χ3v) is 2.72. The lowest BCUT2D eigenvalue weighted by Gasteiger charge is -2.05. The fourth-order valence-electron chi connectivity index (χ4n) is 1.97. The van der Waals surface area contributed by atoms with Crippen LogP contribution in [0.1, 0.15) is 16.7 Å². The summed E-state index contributed by atoms with van der Waals surface area (Å²) in [6.45, 7) is 4.03. The zero-order valence-electron chi connectivity index (χ0n) is 11.2. The summed E-state index contributed by atoms with van der Waals surface area (Å²) in [6.07, 6.45) is 3.35. The van der Waals surface area contributed by atoms with Gasteiger partial charge in [0, 0.05) is 11.8 Å². The first-order valence-corrected chi connectivity index (χ1v) is 6.26. The first-order valence-electron chi connectivity index (χ1n) is 6.26. The molecular formula is C17H17NO. The number of hydrogen-bond donors (Lipinski definition) is 1. The molecule has 0 radical (unpaired) electrons. The van der Waals surface area contributed by atoms with Gasteiger partial charge < -0.3 is 5.32 Å². The van der Waals surface area contributed by atoms with Gasteiger partial charge in [-0.3, -0.25) is 4.79 Å². The van der Waals surface area contributed by atoms with E-state index in [0.29, 0.717) is 0 Å². The van der Waals surface area contributed by atoms with Crippen LogP contribution < -0.4 is 5.32 Å². The standard InChI is InChI=1S/C17H17NO/c1-13-10-14(2)12-16(11-13)18-17(19)9-8-15-6-4-3-5-7-15/h3-12H,1-2H3,(H,18,19)/b9-8+. The highest BCUT2D eigenvalue weighted by molar-refractivity contribution is 6.02. The highest BCUT2D eigenvalue weighted by Gasteiger charge is 1.99. The van der Waals surface area contributed by atoms with Crippen LogP contribution in [0.3, 0.4) is 0 Å². The molecule has 0 saturated heterocycles. The summed E-state index contributed by atoms with van der Waals surface area (Å²) >= 11 is 0. The van der Waals surface area contributed by atoms with Crippen LogP contribution in [0.15, 0.2) is 54.6 Å². The molecular weight excluding hydrogens is 234 g/mol. The van der Waals surface area contributed by atoms with Gasteiger partial charge in [-0.05, 0) is 48.7 Å². The smallest absolute Gasteiger partial charge is 0.248 e. The van der Waals surface area contributed by atoms with Crippen molar-refractivity contribution in [2.75, 3.05) is 5.32 Å². The Labute approximate surface area is 113 Å². The number of aryl methyl sites for hydroxylation is 2. The largest absolute Gasteiger partial charge is 0.322 e. The number of nitrogens with one attached hydrogen (secondary N) is 1. The van der Waals surface area contributed by atoms with Crippen molar-refractivity contribution in [3.05, 3.63) is 71.3 Å². The van der Waals surface area contributed by atoms with E-state index in [1.165, 1.54) is 0 Å². The Bertz CT molecular complexity index is 580. The van der Waals surface area contributed by atoms with Crippen LogP contribution in [0, 0.1) is 13.8 Å². The number of benzene rings is 2. The highest BCUT2D eigenvalue weighted by Crippen LogP contribution is 2.13. The molecule has 0 unspecified atom stereocenters. The molecule has 0 aliphatic carbocycles. The Morgan fingerprint density at radius 3 is 2.26 bits per heavy atom. The zero-order chi connectivity index (χ0) is 13.7. The summed E-state index contributed by atoms with van der Waals surface area (Å²) in [4.78, 5) is 11.8. The van der Waals surface area contributed by atoms with Gasteiger partial charge in [-0.1, -0.05) is 36.4 Å². The Hall–Kier alpha value is -2.35. The van der Waals surface area contributed by atoms with E-state index in [9.17, 15) is 4.79 Å². The first kappa shape index (κ1) is 13.1. The molecule has 2 heteroatoms. The molecule has 0 aromatic heterocycles. The van der Waals surface area contributed by atoms with Crippen molar-refractivity contribution < 1.29 is 4.79 Å². The van der Waals surface area contributed by atoms with Gasteiger partial charge in [0.2, 0.25) is 5.91 Å². The number of carbonyl (C=O) groups excluding carboxylic acids is 1. The van der Waals surface area contributed by atoms with Gasteiger partial charge in [-0.25, -0.2) is 0 Å². The summed E-state index contributed by atoms with van der Waals surface area (Å²) in [6, 6.07) is 15.8. The van der Waals surface area contributed by atoms with Crippen molar-refractivity contribution in [3.8, 4) is 0 Å². The molecule has 2 aromatic carbocycles. The second-order valence-corrected chi connectivity index (χ2v) is 4.61. The Kier molecular flexibility index (Phi) is 4.14. The third kappa shape index (κ3) is 4.11.